The van der Waals surface area contributed by atoms with Gasteiger partial charge in [0.15, 0.2) is 5.69 Å². The molecule has 3 N–H and O–H groups in total. The van der Waals surface area contributed by atoms with Crippen molar-refractivity contribution in [2.45, 2.75) is 38.7 Å². The number of hydrogen-bond donors (Lipinski definition) is 3. The van der Waals surface area contributed by atoms with Crippen molar-refractivity contribution < 1.29 is 9.90 Å². The quantitative estimate of drug-likeness (QED) is 0.755. The van der Waals surface area contributed by atoms with E-state index in [0.29, 0.717) is 18.8 Å². The maximum absolute atomic E-state index is 12.7. The molecule has 26 heavy (non-hydrogen) atoms. The standard InChI is InChI=1S/C20H26N4O2/c1-2-13-6-8-15(9-7-13)24-17-5-3-4-16(17)19(23-24)20(26)22-11-14-10-21-12-18(14)25/h6-9,14,18,21,25H,2-5,10-12H2,1H3,(H,22,26). The van der Waals surface area contributed by atoms with E-state index in [0.717, 1.165) is 49.2 Å². The van der Waals surface area contributed by atoms with Gasteiger partial charge in [-0.05, 0) is 43.4 Å². The van der Waals surface area contributed by atoms with E-state index in [9.17, 15) is 9.90 Å². The number of nitrogens with zero attached hydrogens (tertiary/aromatic N) is 2. The average Bonchev–Trinajstić information content (AvgIpc) is 3.36. The van der Waals surface area contributed by atoms with Gasteiger partial charge >= 0.3 is 0 Å². The SMILES string of the molecule is CCc1ccc(-n2nc(C(=O)NCC3CNCC3O)c3c2CCC3)cc1. The molecule has 1 aliphatic carbocycles. The van der Waals surface area contributed by atoms with Gasteiger partial charge in [-0.25, -0.2) is 4.68 Å². The van der Waals surface area contributed by atoms with Gasteiger partial charge in [0.25, 0.3) is 5.91 Å². The molecular weight excluding hydrogens is 328 g/mol. The van der Waals surface area contributed by atoms with Crippen LogP contribution in [0.5, 0.6) is 0 Å². The van der Waals surface area contributed by atoms with Crippen LogP contribution in [0.4, 0.5) is 0 Å². The molecule has 2 aliphatic rings. The summed E-state index contributed by atoms with van der Waals surface area (Å²) in [5, 5.41) is 20.6. The van der Waals surface area contributed by atoms with Crippen LogP contribution in [0.15, 0.2) is 24.3 Å². The summed E-state index contributed by atoms with van der Waals surface area (Å²) in [6, 6.07) is 8.39. The van der Waals surface area contributed by atoms with Crippen molar-refractivity contribution in [2.75, 3.05) is 19.6 Å². The first-order valence-corrected chi connectivity index (χ1v) is 9.54. The van der Waals surface area contributed by atoms with Crippen molar-refractivity contribution in [3.63, 3.8) is 0 Å². The maximum Gasteiger partial charge on any atom is 0.272 e. The highest BCUT2D eigenvalue weighted by molar-refractivity contribution is 5.94. The number of hydrogen-bond acceptors (Lipinski definition) is 4. The summed E-state index contributed by atoms with van der Waals surface area (Å²) in [5.41, 5.74) is 5.07. The number of aliphatic hydroxyl groups is 1. The van der Waals surface area contributed by atoms with Crippen molar-refractivity contribution in [3.8, 4) is 5.69 Å². The molecule has 0 bridgehead atoms. The van der Waals surface area contributed by atoms with Gasteiger partial charge in [0.05, 0.1) is 11.8 Å². The van der Waals surface area contributed by atoms with Gasteiger partial charge in [-0.15, -0.1) is 0 Å². The van der Waals surface area contributed by atoms with Crippen LogP contribution in [-0.4, -0.2) is 46.5 Å². The molecule has 6 nitrogen and oxygen atoms in total. The van der Waals surface area contributed by atoms with E-state index in [1.54, 1.807) is 0 Å². The van der Waals surface area contributed by atoms with E-state index in [-0.39, 0.29) is 11.8 Å². The third-order valence-electron chi connectivity index (χ3n) is 5.56. The van der Waals surface area contributed by atoms with Crippen LogP contribution in [-0.2, 0) is 19.3 Å². The Labute approximate surface area is 153 Å². The summed E-state index contributed by atoms with van der Waals surface area (Å²) < 4.78 is 1.93. The Morgan fingerprint density at radius 3 is 2.81 bits per heavy atom. The lowest BCUT2D eigenvalue weighted by Crippen LogP contribution is -2.35. The molecule has 0 radical (unpaired) electrons. The van der Waals surface area contributed by atoms with Crippen LogP contribution in [0.1, 0.15) is 40.7 Å². The van der Waals surface area contributed by atoms with Crippen molar-refractivity contribution in [3.05, 3.63) is 46.8 Å². The van der Waals surface area contributed by atoms with Gasteiger partial charge in [0.1, 0.15) is 0 Å². The first kappa shape index (κ1) is 17.2. The molecule has 4 rings (SSSR count). The van der Waals surface area contributed by atoms with Crippen LogP contribution in [0.3, 0.4) is 0 Å². The highest BCUT2D eigenvalue weighted by Crippen LogP contribution is 2.28. The highest BCUT2D eigenvalue weighted by Gasteiger charge is 2.29. The molecule has 0 spiro atoms. The predicted molar refractivity (Wildman–Crippen MR) is 99.7 cm³/mol. The lowest BCUT2D eigenvalue weighted by atomic mass is 10.1. The van der Waals surface area contributed by atoms with E-state index in [4.69, 9.17) is 0 Å². The summed E-state index contributed by atoms with van der Waals surface area (Å²) in [7, 11) is 0. The summed E-state index contributed by atoms with van der Waals surface area (Å²) in [6.45, 7) is 3.94. The molecule has 6 heteroatoms. The minimum absolute atomic E-state index is 0.0654. The average molecular weight is 354 g/mol. The van der Waals surface area contributed by atoms with Crippen LogP contribution < -0.4 is 10.6 Å². The second kappa shape index (κ2) is 7.21. The van der Waals surface area contributed by atoms with Crippen molar-refractivity contribution >= 4 is 5.91 Å². The number of amides is 1. The largest absolute Gasteiger partial charge is 0.391 e. The Morgan fingerprint density at radius 2 is 2.12 bits per heavy atom. The molecule has 1 saturated heterocycles. The number of carbonyl (C=O) groups excluding carboxylic acids is 1. The van der Waals surface area contributed by atoms with Crippen molar-refractivity contribution in [1.82, 2.24) is 20.4 Å². The van der Waals surface area contributed by atoms with Gasteiger partial charge in [0, 0.05) is 36.8 Å². The molecule has 1 aliphatic heterocycles. The van der Waals surface area contributed by atoms with Gasteiger partial charge in [-0.1, -0.05) is 19.1 Å². The molecule has 2 heterocycles. The van der Waals surface area contributed by atoms with E-state index < -0.39 is 6.10 Å². The van der Waals surface area contributed by atoms with Crippen LogP contribution in [0.25, 0.3) is 5.69 Å². The number of aryl methyl sites for hydroxylation is 1. The minimum Gasteiger partial charge on any atom is -0.391 e. The fraction of sp³-hybridized carbons (Fsp3) is 0.500. The maximum atomic E-state index is 12.7. The van der Waals surface area contributed by atoms with Crippen LogP contribution in [0.2, 0.25) is 0 Å². The molecule has 1 aromatic carbocycles. The Morgan fingerprint density at radius 1 is 1.31 bits per heavy atom. The highest BCUT2D eigenvalue weighted by atomic mass is 16.3. The lowest BCUT2D eigenvalue weighted by molar-refractivity contribution is 0.0921. The topological polar surface area (TPSA) is 79.2 Å². The Hall–Kier alpha value is -2.18. The molecule has 1 fully saturated rings. The number of carbonyl (C=O) groups is 1. The number of benzene rings is 1. The fourth-order valence-electron chi connectivity index (χ4n) is 3.94. The second-order valence-corrected chi connectivity index (χ2v) is 7.25. The Kier molecular flexibility index (Phi) is 4.78. The summed E-state index contributed by atoms with van der Waals surface area (Å²) >= 11 is 0. The smallest absolute Gasteiger partial charge is 0.272 e. The van der Waals surface area contributed by atoms with Crippen molar-refractivity contribution in [1.29, 1.82) is 0 Å². The number of nitrogens with one attached hydrogen (secondary N) is 2. The first-order chi connectivity index (χ1) is 12.7. The molecule has 2 unspecified atom stereocenters. The third kappa shape index (κ3) is 3.15. The van der Waals surface area contributed by atoms with Gasteiger partial charge in [-0.2, -0.15) is 5.10 Å². The Bertz CT molecular complexity index is 797. The van der Waals surface area contributed by atoms with E-state index >= 15 is 0 Å². The van der Waals surface area contributed by atoms with Crippen molar-refractivity contribution in [2.24, 2.45) is 5.92 Å². The zero-order valence-electron chi connectivity index (χ0n) is 15.2. The van der Waals surface area contributed by atoms with Gasteiger partial charge in [0.2, 0.25) is 0 Å². The number of β-amino-alcohol motifs (C(OH)–C–C–N with tert-alkyl or cyclic N) is 1. The lowest BCUT2D eigenvalue weighted by Gasteiger charge is -2.13. The summed E-state index contributed by atoms with van der Waals surface area (Å²) in [4.78, 5) is 12.7. The third-order valence-corrected chi connectivity index (χ3v) is 5.56. The zero-order valence-corrected chi connectivity index (χ0v) is 15.2. The fourth-order valence-corrected chi connectivity index (χ4v) is 3.94. The molecular formula is C20H26N4O2. The second-order valence-electron chi connectivity index (χ2n) is 7.25. The number of rotatable bonds is 5. The van der Waals surface area contributed by atoms with Crippen LogP contribution in [0, 0.1) is 5.92 Å². The number of fused-ring (bicyclic) bond motifs is 1. The molecule has 2 atom stereocenters. The zero-order chi connectivity index (χ0) is 18.1. The van der Waals surface area contributed by atoms with Gasteiger partial charge < -0.3 is 15.7 Å². The van der Waals surface area contributed by atoms with E-state index in [1.807, 2.05) is 4.68 Å². The predicted octanol–water partition coefficient (Wildman–Crippen LogP) is 1.23. The first-order valence-electron chi connectivity index (χ1n) is 9.54. The monoisotopic (exact) mass is 354 g/mol. The van der Waals surface area contributed by atoms with E-state index in [1.165, 1.54) is 5.56 Å². The molecule has 138 valence electrons. The minimum atomic E-state index is -0.393. The molecule has 1 aromatic heterocycles. The normalized spacial score (nSPS) is 21.8. The number of aromatic nitrogens is 2. The van der Waals surface area contributed by atoms with E-state index in [2.05, 4.69) is 46.9 Å². The van der Waals surface area contributed by atoms with Crippen LogP contribution >= 0.6 is 0 Å². The summed E-state index contributed by atoms with van der Waals surface area (Å²) in [6.07, 6.45) is 3.53. The summed E-state index contributed by atoms with van der Waals surface area (Å²) in [5.74, 6) is -0.0677. The molecule has 1 amide bonds. The molecule has 0 saturated carbocycles. The van der Waals surface area contributed by atoms with Gasteiger partial charge in [-0.3, -0.25) is 4.79 Å². The number of aliphatic hydroxyl groups excluding tert-OH is 1. The Balaban J connectivity index is 1.56. The molecule has 2 aromatic rings.